The van der Waals surface area contributed by atoms with Crippen molar-refractivity contribution in [3.05, 3.63) is 0 Å². The molecule has 0 radical (unpaired) electrons. The maximum atomic E-state index is 11.3. The van der Waals surface area contributed by atoms with Crippen LogP contribution in [0, 0.1) is 11.3 Å². The lowest BCUT2D eigenvalue weighted by Gasteiger charge is -2.22. The lowest BCUT2D eigenvalue weighted by Crippen LogP contribution is -2.37. The van der Waals surface area contributed by atoms with Gasteiger partial charge in [-0.1, -0.05) is 20.8 Å². The lowest BCUT2D eigenvalue weighted by atomic mass is 9.90. The van der Waals surface area contributed by atoms with E-state index < -0.39 is 0 Å². The summed E-state index contributed by atoms with van der Waals surface area (Å²) in [5, 5.41) is 2.95. The summed E-state index contributed by atoms with van der Waals surface area (Å²) < 4.78 is 5.30. The number of hydrogen-bond donors (Lipinski definition) is 1. The van der Waals surface area contributed by atoms with Gasteiger partial charge < -0.3 is 10.1 Å². The molecule has 1 heterocycles. The summed E-state index contributed by atoms with van der Waals surface area (Å²) in [4.78, 5) is 11.3. The highest BCUT2D eigenvalue weighted by Crippen LogP contribution is 2.26. The van der Waals surface area contributed by atoms with Gasteiger partial charge in [-0.15, -0.1) is 0 Å². The lowest BCUT2D eigenvalue weighted by molar-refractivity contribution is -0.124. The van der Waals surface area contributed by atoms with Crippen LogP contribution in [0.25, 0.3) is 0 Å². The predicted molar refractivity (Wildman–Crippen MR) is 51.4 cm³/mol. The zero-order valence-corrected chi connectivity index (χ0v) is 8.72. The van der Waals surface area contributed by atoms with Crippen molar-refractivity contribution in [3.8, 4) is 0 Å². The van der Waals surface area contributed by atoms with E-state index >= 15 is 0 Å². The van der Waals surface area contributed by atoms with E-state index in [0.29, 0.717) is 0 Å². The maximum Gasteiger partial charge on any atom is 0.222 e. The first-order valence-electron chi connectivity index (χ1n) is 4.89. The summed E-state index contributed by atoms with van der Waals surface area (Å²) in [6.07, 6.45) is 1.05. The zero-order chi connectivity index (χ0) is 9.90. The Kier molecular flexibility index (Phi) is 3.31. The van der Waals surface area contributed by atoms with Crippen molar-refractivity contribution in [1.29, 1.82) is 0 Å². The van der Waals surface area contributed by atoms with Crippen LogP contribution in [0.2, 0.25) is 0 Å². The molecule has 0 bridgehead atoms. The van der Waals surface area contributed by atoms with Crippen molar-refractivity contribution in [2.75, 3.05) is 19.8 Å². The Labute approximate surface area is 79.8 Å². The van der Waals surface area contributed by atoms with Gasteiger partial charge >= 0.3 is 0 Å². The molecule has 0 aromatic rings. The third-order valence-electron chi connectivity index (χ3n) is 2.51. The van der Waals surface area contributed by atoms with Crippen LogP contribution in [0.15, 0.2) is 0 Å². The van der Waals surface area contributed by atoms with E-state index in [1.54, 1.807) is 0 Å². The first-order chi connectivity index (χ1) is 6.03. The Balaban J connectivity index is 2.29. The molecule has 1 amide bonds. The second-order valence-electron chi connectivity index (χ2n) is 4.49. The summed E-state index contributed by atoms with van der Waals surface area (Å²) in [6, 6.07) is 0. The van der Waals surface area contributed by atoms with Gasteiger partial charge in [-0.2, -0.15) is 0 Å². The maximum absolute atomic E-state index is 11.3. The van der Waals surface area contributed by atoms with Crippen LogP contribution < -0.4 is 5.32 Å². The third-order valence-corrected chi connectivity index (χ3v) is 2.51. The second kappa shape index (κ2) is 4.09. The Bertz CT molecular complexity index is 183. The molecule has 1 N–H and O–H groups in total. The average Bonchev–Trinajstić information content (AvgIpc) is 2.48. The van der Waals surface area contributed by atoms with Gasteiger partial charge in [-0.25, -0.2) is 0 Å². The highest BCUT2D eigenvalue weighted by Gasteiger charge is 2.30. The number of carbonyl (C=O) groups excluding carboxylic acids is 1. The molecule has 0 aromatic carbocycles. The van der Waals surface area contributed by atoms with Gasteiger partial charge in [0.15, 0.2) is 0 Å². The van der Waals surface area contributed by atoms with Gasteiger partial charge in [0.1, 0.15) is 0 Å². The molecule has 1 atom stereocenters. The van der Waals surface area contributed by atoms with Crippen molar-refractivity contribution >= 4 is 5.91 Å². The van der Waals surface area contributed by atoms with Crippen molar-refractivity contribution in [1.82, 2.24) is 5.32 Å². The molecule has 13 heavy (non-hydrogen) atoms. The molecule has 3 nitrogen and oxygen atoms in total. The Morgan fingerprint density at radius 1 is 1.62 bits per heavy atom. The summed E-state index contributed by atoms with van der Waals surface area (Å²) in [7, 11) is 0. The summed E-state index contributed by atoms with van der Waals surface area (Å²) in [6.45, 7) is 8.30. The van der Waals surface area contributed by atoms with Crippen LogP contribution in [0.4, 0.5) is 0 Å². The molecule has 0 aliphatic carbocycles. The number of amides is 1. The first-order valence-corrected chi connectivity index (χ1v) is 4.89. The van der Waals surface area contributed by atoms with Crippen LogP contribution in [-0.2, 0) is 9.53 Å². The summed E-state index contributed by atoms with van der Waals surface area (Å²) >= 11 is 0. The largest absolute Gasteiger partial charge is 0.381 e. The van der Waals surface area contributed by atoms with Gasteiger partial charge in [-0.3, -0.25) is 4.79 Å². The summed E-state index contributed by atoms with van der Waals surface area (Å²) in [5.41, 5.74) is 0.157. The van der Waals surface area contributed by atoms with E-state index in [4.69, 9.17) is 4.74 Å². The van der Waals surface area contributed by atoms with Crippen molar-refractivity contribution in [2.24, 2.45) is 11.3 Å². The van der Waals surface area contributed by atoms with Gasteiger partial charge in [0.2, 0.25) is 5.91 Å². The van der Waals surface area contributed by atoms with Crippen LogP contribution in [0.1, 0.15) is 27.2 Å². The highest BCUT2D eigenvalue weighted by atomic mass is 16.5. The number of nitrogens with one attached hydrogen (secondary N) is 1. The van der Waals surface area contributed by atoms with Crippen LogP contribution in [0.5, 0.6) is 0 Å². The van der Waals surface area contributed by atoms with E-state index in [1.165, 1.54) is 0 Å². The van der Waals surface area contributed by atoms with Crippen molar-refractivity contribution in [3.63, 3.8) is 0 Å². The first kappa shape index (κ1) is 10.5. The number of rotatable bonds is 3. The van der Waals surface area contributed by atoms with Crippen LogP contribution in [0.3, 0.4) is 0 Å². The minimum Gasteiger partial charge on any atom is -0.381 e. The molecule has 1 saturated heterocycles. The molecule has 1 unspecified atom stereocenters. The topological polar surface area (TPSA) is 38.3 Å². The monoisotopic (exact) mass is 185 g/mol. The Hall–Kier alpha value is -0.570. The standard InChI is InChI=1S/C10H19NO2/c1-8(2)9(12)11-6-10(3)4-5-13-7-10/h8H,4-7H2,1-3H3,(H,11,12). The second-order valence-corrected chi connectivity index (χ2v) is 4.49. The fraction of sp³-hybridized carbons (Fsp3) is 0.900. The van der Waals surface area contributed by atoms with E-state index in [1.807, 2.05) is 13.8 Å². The van der Waals surface area contributed by atoms with Gasteiger partial charge in [0.05, 0.1) is 6.61 Å². The smallest absolute Gasteiger partial charge is 0.222 e. The minimum absolute atomic E-state index is 0.0749. The van der Waals surface area contributed by atoms with Gasteiger partial charge in [0.25, 0.3) is 0 Å². The van der Waals surface area contributed by atoms with Gasteiger partial charge in [-0.05, 0) is 6.42 Å². The normalized spacial score (nSPS) is 28.0. The highest BCUT2D eigenvalue weighted by molar-refractivity contribution is 5.77. The molecular formula is C10H19NO2. The number of ether oxygens (including phenoxy) is 1. The van der Waals surface area contributed by atoms with E-state index in [0.717, 1.165) is 26.2 Å². The predicted octanol–water partition coefficient (Wildman–Crippen LogP) is 1.19. The minimum atomic E-state index is 0.0749. The van der Waals surface area contributed by atoms with Crippen molar-refractivity contribution < 1.29 is 9.53 Å². The average molecular weight is 185 g/mol. The Morgan fingerprint density at radius 2 is 2.31 bits per heavy atom. The van der Waals surface area contributed by atoms with E-state index in [2.05, 4.69) is 12.2 Å². The van der Waals surface area contributed by atoms with Crippen molar-refractivity contribution in [2.45, 2.75) is 27.2 Å². The molecule has 0 aromatic heterocycles. The quantitative estimate of drug-likeness (QED) is 0.717. The number of carbonyl (C=O) groups is 1. The molecule has 1 aliphatic rings. The fourth-order valence-corrected chi connectivity index (χ4v) is 1.35. The molecule has 3 heteroatoms. The third kappa shape index (κ3) is 2.99. The van der Waals surface area contributed by atoms with Crippen LogP contribution >= 0.6 is 0 Å². The van der Waals surface area contributed by atoms with Gasteiger partial charge in [0, 0.05) is 24.5 Å². The van der Waals surface area contributed by atoms with Crippen LogP contribution in [-0.4, -0.2) is 25.7 Å². The van der Waals surface area contributed by atoms with E-state index in [9.17, 15) is 4.79 Å². The molecule has 1 aliphatic heterocycles. The number of hydrogen-bond acceptors (Lipinski definition) is 2. The molecular weight excluding hydrogens is 166 g/mol. The zero-order valence-electron chi connectivity index (χ0n) is 8.72. The Morgan fingerprint density at radius 3 is 2.77 bits per heavy atom. The molecule has 1 fully saturated rings. The van der Waals surface area contributed by atoms with E-state index in [-0.39, 0.29) is 17.2 Å². The molecule has 0 saturated carbocycles. The fourth-order valence-electron chi connectivity index (χ4n) is 1.35. The SMILES string of the molecule is CC(C)C(=O)NCC1(C)CCOC1. The molecule has 0 spiro atoms. The summed E-state index contributed by atoms with van der Waals surface area (Å²) in [5.74, 6) is 0.207. The molecule has 1 rings (SSSR count). The molecule has 76 valence electrons.